The fourth-order valence-electron chi connectivity index (χ4n) is 2.71. The van der Waals surface area contributed by atoms with E-state index in [-0.39, 0.29) is 0 Å². The Morgan fingerprint density at radius 1 is 0.800 bits per heavy atom. The van der Waals surface area contributed by atoms with Crippen molar-refractivity contribution < 1.29 is 11.3 Å². The van der Waals surface area contributed by atoms with Gasteiger partial charge in [-0.1, -0.05) is 0 Å². The van der Waals surface area contributed by atoms with E-state index in [0.29, 0.717) is 0 Å². The monoisotopic (exact) mass is 333 g/mol. The Morgan fingerprint density at radius 2 is 1.45 bits per heavy atom. The van der Waals surface area contributed by atoms with E-state index < -0.39 is 14.3 Å². The molecule has 104 valence electrons. The van der Waals surface area contributed by atoms with E-state index in [1.807, 2.05) is 24.3 Å². The topological polar surface area (TPSA) is 43.5 Å². The average Bonchev–Trinajstić information content (AvgIpc) is 2.89. The molecule has 3 aromatic rings. The Bertz CT molecular complexity index is 741. The van der Waals surface area contributed by atoms with Crippen LogP contribution in [0.3, 0.4) is 0 Å². The Morgan fingerprint density at radius 3 is 2.15 bits per heavy atom. The molecule has 0 unspecified atom stereocenters. The Balaban J connectivity index is 2.37. The molecule has 0 saturated carbocycles. The van der Waals surface area contributed by atoms with Crippen LogP contribution in [-0.4, -0.2) is 40.6 Å². The second-order valence-corrected chi connectivity index (χ2v) is 10.6. The second-order valence-electron chi connectivity index (χ2n) is 4.57. The van der Waals surface area contributed by atoms with Gasteiger partial charge in [0, 0.05) is 0 Å². The zero-order chi connectivity index (χ0) is 14.2. The van der Waals surface area contributed by atoms with Crippen molar-refractivity contribution in [3.8, 4) is 0 Å². The average molecular weight is 332 g/mol. The van der Waals surface area contributed by atoms with E-state index in [2.05, 4.69) is 23.2 Å². The van der Waals surface area contributed by atoms with Gasteiger partial charge in [0.1, 0.15) is 0 Å². The molecule has 0 radical (unpaired) electrons. The molecule has 3 rings (SSSR count). The van der Waals surface area contributed by atoms with Crippen LogP contribution in [0, 0.1) is 0 Å². The van der Waals surface area contributed by atoms with Gasteiger partial charge in [0.15, 0.2) is 0 Å². The fourth-order valence-corrected chi connectivity index (χ4v) is 6.83. The molecule has 4 nitrogen and oxygen atoms in total. The summed E-state index contributed by atoms with van der Waals surface area (Å²) in [5, 5.41) is 2.36. The normalized spacial score (nSPS) is 12.3. The molecule has 0 saturated heterocycles. The minimum atomic E-state index is -3.43. The van der Waals surface area contributed by atoms with Crippen LogP contribution in [0.5, 0.6) is 0 Å². The maximum absolute atomic E-state index is 5.65. The van der Waals surface area contributed by atoms with Crippen molar-refractivity contribution in [3.63, 3.8) is 0 Å². The van der Waals surface area contributed by atoms with Gasteiger partial charge in [0.2, 0.25) is 0 Å². The Kier molecular flexibility index (Phi) is 3.56. The van der Waals surface area contributed by atoms with Gasteiger partial charge in [-0.3, -0.25) is 0 Å². The molecule has 2 aromatic carbocycles. The van der Waals surface area contributed by atoms with E-state index in [1.165, 1.54) is 10.8 Å². The molecule has 5 heteroatoms. The minimum absolute atomic E-state index is 1.01. The summed E-state index contributed by atoms with van der Waals surface area (Å²) in [4.78, 5) is 3.46. The van der Waals surface area contributed by atoms with E-state index in [1.54, 1.807) is 21.3 Å². The molecule has 0 fully saturated rings. The van der Waals surface area contributed by atoms with Crippen molar-refractivity contribution in [2.24, 2.45) is 0 Å². The first-order valence-electron chi connectivity index (χ1n) is 6.41. The predicted molar refractivity (Wildman–Crippen MR) is 82.2 cm³/mol. The van der Waals surface area contributed by atoms with Gasteiger partial charge in [-0.05, 0) is 0 Å². The maximum atomic E-state index is 5.65. The van der Waals surface area contributed by atoms with E-state index in [0.717, 1.165) is 15.4 Å². The Labute approximate surface area is 121 Å². The molecule has 0 atom stereocenters. The summed E-state index contributed by atoms with van der Waals surface area (Å²) in [6.45, 7) is 0. The summed E-state index contributed by atoms with van der Waals surface area (Å²) >= 11 is -3.43. The van der Waals surface area contributed by atoms with E-state index >= 15 is 0 Å². The zero-order valence-corrected chi connectivity index (χ0v) is 13.9. The van der Waals surface area contributed by atoms with Crippen LogP contribution in [0.25, 0.3) is 21.8 Å². The third-order valence-corrected chi connectivity index (χ3v) is 9.32. The molecule has 0 aliphatic heterocycles. The second kappa shape index (κ2) is 5.22. The van der Waals surface area contributed by atoms with Crippen LogP contribution in [-0.2, 0) is 11.3 Å². The van der Waals surface area contributed by atoms with Gasteiger partial charge in [-0.2, -0.15) is 0 Å². The number of para-hydroxylation sites is 2. The molecule has 1 heterocycles. The summed E-state index contributed by atoms with van der Waals surface area (Å²) in [6.07, 6.45) is 0. The van der Waals surface area contributed by atoms with Crippen LogP contribution < -0.4 is 4.40 Å². The molecule has 0 aliphatic rings. The third-order valence-electron chi connectivity index (χ3n) is 3.68. The van der Waals surface area contributed by atoms with Crippen LogP contribution in [0.1, 0.15) is 0 Å². The van der Waals surface area contributed by atoms with Crippen molar-refractivity contribution >= 4 is 40.5 Å². The first-order valence-corrected chi connectivity index (χ1v) is 10.0. The first kappa shape index (κ1) is 13.6. The molecule has 20 heavy (non-hydrogen) atoms. The summed E-state index contributed by atoms with van der Waals surface area (Å²) in [6, 6.07) is 14.4. The number of aromatic amines is 1. The molecule has 0 bridgehead atoms. The summed E-state index contributed by atoms with van der Waals surface area (Å²) < 4.78 is 18.0. The number of nitrogens with one attached hydrogen (secondary N) is 1. The molecule has 0 spiro atoms. The Hall–Kier alpha value is -1.34. The van der Waals surface area contributed by atoms with Gasteiger partial charge in [-0.25, -0.2) is 0 Å². The fraction of sp³-hybridized carbons (Fsp3) is 0.200. The SMILES string of the molecule is C[O][Ge]([O]C)([O]C)[c]1cccc2c1[nH]c1ccccc12. The number of hydrogen-bond donors (Lipinski definition) is 1. The third kappa shape index (κ3) is 1.88. The van der Waals surface area contributed by atoms with Gasteiger partial charge >= 0.3 is 121 Å². The predicted octanol–water partition coefficient (Wildman–Crippen LogP) is 2.41. The van der Waals surface area contributed by atoms with Crippen molar-refractivity contribution in [1.29, 1.82) is 0 Å². The number of benzene rings is 2. The van der Waals surface area contributed by atoms with Crippen LogP contribution in [0.2, 0.25) is 0 Å². The standard InChI is InChI=1S/C15H17GeNO3/c1-18-16(19-2,20-3)13-9-6-8-12-11-7-4-5-10-14(11)17-15(12)13/h4-10,17H,1-3H3. The quantitative estimate of drug-likeness (QED) is 0.747. The summed E-state index contributed by atoms with van der Waals surface area (Å²) in [7, 11) is 4.94. The molecule has 0 amide bonds. The number of rotatable bonds is 4. The van der Waals surface area contributed by atoms with Crippen molar-refractivity contribution in [2.45, 2.75) is 0 Å². The first-order chi connectivity index (χ1) is 9.75. The van der Waals surface area contributed by atoms with Crippen molar-refractivity contribution in [3.05, 3.63) is 42.5 Å². The number of hydrogen-bond acceptors (Lipinski definition) is 3. The van der Waals surface area contributed by atoms with Crippen LogP contribution >= 0.6 is 0 Å². The van der Waals surface area contributed by atoms with Crippen LogP contribution in [0.4, 0.5) is 0 Å². The molecule has 1 aromatic heterocycles. The molecular formula is C15H17GeNO3. The van der Waals surface area contributed by atoms with E-state index in [4.69, 9.17) is 11.3 Å². The van der Waals surface area contributed by atoms with Gasteiger partial charge in [-0.15, -0.1) is 0 Å². The number of aromatic nitrogens is 1. The van der Waals surface area contributed by atoms with Crippen molar-refractivity contribution in [1.82, 2.24) is 4.98 Å². The zero-order valence-electron chi connectivity index (χ0n) is 11.8. The van der Waals surface area contributed by atoms with Gasteiger partial charge < -0.3 is 0 Å². The van der Waals surface area contributed by atoms with Crippen LogP contribution in [0.15, 0.2) is 42.5 Å². The molecule has 0 aliphatic carbocycles. The molecular weight excluding hydrogens is 315 g/mol. The van der Waals surface area contributed by atoms with Gasteiger partial charge in [0.25, 0.3) is 0 Å². The summed E-state index contributed by atoms with van der Waals surface area (Å²) in [5.41, 5.74) is 2.15. The molecule has 1 N–H and O–H groups in total. The van der Waals surface area contributed by atoms with Gasteiger partial charge in [0.05, 0.1) is 0 Å². The number of fused-ring (bicyclic) bond motifs is 3. The van der Waals surface area contributed by atoms with Crippen molar-refractivity contribution in [2.75, 3.05) is 21.3 Å². The number of H-pyrrole nitrogens is 1. The van der Waals surface area contributed by atoms with E-state index in [9.17, 15) is 0 Å². The summed E-state index contributed by atoms with van der Waals surface area (Å²) in [5.74, 6) is 0.